The van der Waals surface area contributed by atoms with Crippen LogP contribution >= 0.6 is 0 Å². The lowest BCUT2D eigenvalue weighted by Gasteiger charge is -2.11. The molecule has 0 N–H and O–H groups in total. The number of hydrogen-bond donors (Lipinski definition) is 0. The number of hydrogen-bond acceptors (Lipinski definition) is 4. The topological polar surface area (TPSA) is 44.8 Å². The van der Waals surface area contributed by atoms with Crippen molar-refractivity contribution in [3.8, 4) is 11.5 Å². The Bertz CT molecular complexity index is 680. The highest BCUT2D eigenvalue weighted by molar-refractivity contribution is 5.75. The van der Waals surface area contributed by atoms with E-state index < -0.39 is 6.29 Å². The van der Waals surface area contributed by atoms with Crippen LogP contribution in [-0.2, 0) is 16.1 Å². The van der Waals surface area contributed by atoms with Crippen LogP contribution in [0, 0.1) is 0 Å². The maximum absolute atomic E-state index is 11.4. The number of benzene rings is 2. The Labute approximate surface area is 122 Å². The molecule has 0 saturated carbocycles. The molecule has 4 heteroatoms. The number of carbonyl (C=O) groups is 1. The second-order valence-electron chi connectivity index (χ2n) is 5.23. The highest BCUT2D eigenvalue weighted by Crippen LogP contribution is 2.48. The van der Waals surface area contributed by atoms with Gasteiger partial charge in [-0.3, -0.25) is 4.79 Å². The van der Waals surface area contributed by atoms with Crippen LogP contribution in [0.25, 0.3) is 0 Å². The summed E-state index contributed by atoms with van der Waals surface area (Å²) in [5.74, 6) is 1.25. The molecule has 2 atom stereocenters. The zero-order valence-electron chi connectivity index (χ0n) is 11.3. The van der Waals surface area contributed by atoms with Gasteiger partial charge in [-0.25, -0.2) is 0 Å². The van der Waals surface area contributed by atoms with Crippen LogP contribution in [-0.4, -0.2) is 12.3 Å². The molecule has 21 heavy (non-hydrogen) atoms. The summed E-state index contributed by atoms with van der Waals surface area (Å²) < 4.78 is 16.8. The fraction of sp³-hybridized carbons (Fsp3) is 0.235. The normalized spacial score (nSPS) is 22.2. The largest absolute Gasteiger partial charge is 0.488 e. The third kappa shape index (κ3) is 2.13. The van der Waals surface area contributed by atoms with Gasteiger partial charge >= 0.3 is 5.97 Å². The lowest BCUT2D eigenvalue weighted by Crippen LogP contribution is -2.14. The molecule has 1 saturated heterocycles. The van der Waals surface area contributed by atoms with Crippen molar-refractivity contribution < 1.29 is 19.0 Å². The minimum Gasteiger partial charge on any atom is -0.488 e. The quantitative estimate of drug-likeness (QED) is 0.812. The summed E-state index contributed by atoms with van der Waals surface area (Å²) in [7, 11) is 0. The molecule has 2 heterocycles. The maximum Gasteiger partial charge on any atom is 0.309 e. The predicted molar refractivity (Wildman–Crippen MR) is 75.1 cm³/mol. The lowest BCUT2D eigenvalue weighted by molar-refractivity contribution is -0.150. The zero-order valence-corrected chi connectivity index (χ0v) is 11.3. The molecule has 2 aliphatic heterocycles. The van der Waals surface area contributed by atoms with Gasteiger partial charge in [-0.15, -0.1) is 0 Å². The number of esters is 1. The minimum absolute atomic E-state index is 0.0560. The average molecular weight is 282 g/mol. The second kappa shape index (κ2) is 4.81. The van der Waals surface area contributed by atoms with E-state index in [1.165, 1.54) is 0 Å². The van der Waals surface area contributed by atoms with Crippen molar-refractivity contribution in [2.45, 2.75) is 25.2 Å². The first kappa shape index (κ1) is 12.3. The Morgan fingerprint density at radius 3 is 2.76 bits per heavy atom. The smallest absolute Gasteiger partial charge is 0.309 e. The number of fused-ring (bicyclic) bond motifs is 3. The number of ether oxygens (including phenoxy) is 3. The molecule has 0 spiro atoms. The van der Waals surface area contributed by atoms with E-state index in [1.807, 2.05) is 48.5 Å². The summed E-state index contributed by atoms with van der Waals surface area (Å²) in [5.41, 5.74) is 2.05. The fourth-order valence-electron chi connectivity index (χ4n) is 2.86. The van der Waals surface area contributed by atoms with Crippen molar-refractivity contribution in [2.75, 3.05) is 0 Å². The first-order valence-corrected chi connectivity index (χ1v) is 6.97. The first-order chi connectivity index (χ1) is 10.3. The summed E-state index contributed by atoms with van der Waals surface area (Å²) in [4.78, 5) is 11.4. The molecule has 2 aromatic rings. The Morgan fingerprint density at radius 1 is 1.05 bits per heavy atom. The van der Waals surface area contributed by atoms with E-state index in [1.54, 1.807) is 0 Å². The monoisotopic (exact) mass is 282 g/mol. The van der Waals surface area contributed by atoms with Crippen LogP contribution < -0.4 is 9.47 Å². The van der Waals surface area contributed by atoms with E-state index >= 15 is 0 Å². The predicted octanol–water partition coefficient (Wildman–Crippen LogP) is 3.01. The van der Waals surface area contributed by atoms with Crippen molar-refractivity contribution in [3.63, 3.8) is 0 Å². The molecule has 4 rings (SSSR count). The summed E-state index contributed by atoms with van der Waals surface area (Å²) in [5, 5.41) is 0. The van der Waals surface area contributed by atoms with E-state index in [9.17, 15) is 4.79 Å². The summed E-state index contributed by atoms with van der Waals surface area (Å²) in [6.07, 6.45) is -0.141. The summed E-state index contributed by atoms with van der Waals surface area (Å²) in [6.45, 7) is 0.490. The van der Waals surface area contributed by atoms with E-state index in [-0.39, 0.29) is 11.9 Å². The molecule has 2 aromatic carbocycles. The number of carbonyl (C=O) groups excluding carboxylic acids is 1. The maximum atomic E-state index is 11.4. The Hall–Kier alpha value is -2.49. The molecular formula is C17H14O4. The van der Waals surface area contributed by atoms with Gasteiger partial charge in [0.05, 0.1) is 12.3 Å². The van der Waals surface area contributed by atoms with Crippen molar-refractivity contribution in [3.05, 3.63) is 59.7 Å². The van der Waals surface area contributed by atoms with Crippen molar-refractivity contribution in [1.29, 1.82) is 0 Å². The van der Waals surface area contributed by atoms with Gasteiger partial charge in [0.15, 0.2) is 0 Å². The lowest BCUT2D eigenvalue weighted by atomic mass is 9.97. The van der Waals surface area contributed by atoms with E-state index in [2.05, 4.69) is 0 Å². The highest BCUT2D eigenvalue weighted by Gasteiger charge is 2.45. The Balaban J connectivity index is 1.60. The molecule has 106 valence electrons. The van der Waals surface area contributed by atoms with E-state index in [0.717, 1.165) is 22.6 Å². The van der Waals surface area contributed by atoms with Crippen molar-refractivity contribution in [1.82, 2.24) is 0 Å². The molecule has 1 fully saturated rings. The van der Waals surface area contributed by atoms with Crippen LogP contribution in [0.3, 0.4) is 0 Å². The molecule has 0 radical (unpaired) electrons. The standard InChI is InChI=1S/C17H14O4/c18-15-9-12-16-13(19-10-11-5-2-1-3-6-11)7-4-8-14(16)20-17(12)21-15/h1-8,12,17H,9-10H2/t12-,17+/m0/s1. The molecule has 0 unspecified atom stereocenters. The van der Waals surface area contributed by atoms with Crippen LogP contribution in [0.2, 0.25) is 0 Å². The van der Waals surface area contributed by atoms with Crippen LogP contribution in [0.1, 0.15) is 23.5 Å². The minimum atomic E-state index is -0.492. The molecule has 0 aliphatic carbocycles. The summed E-state index contributed by atoms with van der Waals surface area (Å²) in [6, 6.07) is 15.7. The van der Waals surface area contributed by atoms with E-state index in [0.29, 0.717) is 13.0 Å². The van der Waals surface area contributed by atoms with Gasteiger partial charge in [0.25, 0.3) is 6.29 Å². The van der Waals surface area contributed by atoms with E-state index in [4.69, 9.17) is 14.2 Å². The fourth-order valence-corrected chi connectivity index (χ4v) is 2.86. The average Bonchev–Trinajstić information content (AvgIpc) is 3.02. The third-order valence-electron chi connectivity index (χ3n) is 3.84. The third-order valence-corrected chi connectivity index (χ3v) is 3.84. The van der Waals surface area contributed by atoms with Gasteiger partial charge in [0, 0.05) is 5.56 Å². The Morgan fingerprint density at radius 2 is 1.90 bits per heavy atom. The molecular weight excluding hydrogens is 268 g/mol. The Kier molecular flexibility index (Phi) is 2.81. The molecule has 4 nitrogen and oxygen atoms in total. The van der Waals surface area contributed by atoms with Crippen LogP contribution in [0.5, 0.6) is 11.5 Å². The van der Waals surface area contributed by atoms with Crippen LogP contribution in [0.15, 0.2) is 48.5 Å². The van der Waals surface area contributed by atoms with Crippen molar-refractivity contribution in [2.24, 2.45) is 0 Å². The molecule has 0 amide bonds. The van der Waals surface area contributed by atoms with Gasteiger partial charge in [0.2, 0.25) is 0 Å². The highest BCUT2D eigenvalue weighted by atomic mass is 16.7. The molecule has 0 aromatic heterocycles. The molecule has 0 bridgehead atoms. The van der Waals surface area contributed by atoms with Gasteiger partial charge in [0.1, 0.15) is 18.1 Å². The van der Waals surface area contributed by atoms with Gasteiger partial charge in [-0.05, 0) is 17.7 Å². The van der Waals surface area contributed by atoms with Crippen molar-refractivity contribution >= 4 is 5.97 Å². The number of rotatable bonds is 3. The van der Waals surface area contributed by atoms with Gasteiger partial charge in [-0.2, -0.15) is 0 Å². The van der Waals surface area contributed by atoms with Gasteiger partial charge in [-0.1, -0.05) is 36.4 Å². The SMILES string of the molecule is O=C1C[C@H]2c3c(OCc4ccccc4)cccc3O[C@@H]2O1. The zero-order chi connectivity index (χ0) is 14.2. The van der Waals surface area contributed by atoms with Crippen LogP contribution in [0.4, 0.5) is 0 Å². The first-order valence-electron chi connectivity index (χ1n) is 6.97. The van der Waals surface area contributed by atoms with Gasteiger partial charge < -0.3 is 14.2 Å². The summed E-state index contributed by atoms with van der Waals surface area (Å²) >= 11 is 0. The molecule has 2 aliphatic rings. The second-order valence-corrected chi connectivity index (χ2v) is 5.23.